The summed E-state index contributed by atoms with van der Waals surface area (Å²) in [5, 5.41) is 8.81. The zero-order chi connectivity index (χ0) is 12.1. The molecule has 1 aromatic rings. The van der Waals surface area contributed by atoms with E-state index < -0.39 is 5.97 Å². The molecule has 0 saturated heterocycles. The largest absolute Gasteiger partial charge is 0.462 e. The van der Waals surface area contributed by atoms with Gasteiger partial charge in [-0.05, 0) is 24.6 Å². The lowest BCUT2D eigenvalue weighted by molar-refractivity contribution is 0.0525. The zero-order valence-electron chi connectivity index (χ0n) is 8.66. The highest BCUT2D eigenvalue weighted by Gasteiger charge is 2.16. The average molecular weight is 256 g/mol. The minimum atomic E-state index is -0.446. The smallest absolute Gasteiger partial charge is 0.338 e. The van der Waals surface area contributed by atoms with Crippen molar-refractivity contribution >= 4 is 30.2 Å². The highest BCUT2D eigenvalue weighted by molar-refractivity contribution is 7.80. The number of nitriles is 1. The van der Waals surface area contributed by atoms with Crippen molar-refractivity contribution in [2.24, 2.45) is 0 Å². The molecule has 1 aromatic carbocycles. The maximum atomic E-state index is 11.6. The molecule has 0 aliphatic heterocycles. The van der Waals surface area contributed by atoms with Crippen molar-refractivity contribution in [1.29, 1.82) is 5.26 Å². The Hall–Kier alpha value is -1.18. The molecule has 0 radical (unpaired) electrons. The number of hydrogen-bond acceptors (Lipinski definition) is 4. The molecule has 1 rings (SSSR count). The minimum absolute atomic E-state index is 0.114. The highest BCUT2D eigenvalue weighted by Crippen LogP contribution is 2.25. The van der Waals surface area contributed by atoms with Crippen LogP contribution < -0.4 is 0 Å². The summed E-state index contributed by atoms with van der Waals surface area (Å²) in [6.45, 7) is 2.02. The lowest BCUT2D eigenvalue weighted by Crippen LogP contribution is -2.08. The first-order valence-electron chi connectivity index (χ1n) is 4.63. The quantitative estimate of drug-likeness (QED) is 0.513. The molecule has 0 atom stereocenters. The molecular formula is C11H10ClNO2S. The Morgan fingerprint density at radius 2 is 2.31 bits per heavy atom. The van der Waals surface area contributed by atoms with E-state index in [0.29, 0.717) is 28.2 Å². The SMILES string of the molecule is CCOC(=O)c1ccc(C#N)c(S)c1CCl. The van der Waals surface area contributed by atoms with Crippen LogP contribution in [0.4, 0.5) is 0 Å². The van der Waals surface area contributed by atoms with E-state index in [1.165, 1.54) is 12.1 Å². The molecule has 0 bridgehead atoms. The van der Waals surface area contributed by atoms with Crippen molar-refractivity contribution < 1.29 is 9.53 Å². The Morgan fingerprint density at radius 1 is 1.62 bits per heavy atom. The van der Waals surface area contributed by atoms with Gasteiger partial charge in [0.25, 0.3) is 0 Å². The fourth-order valence-electron chi connectivity index (χ4n) is 1.26. The molecule has 0 heterocycles. The Morgan fingerprint density at radius 3 is 2.81 bits per heavy atom. The summed E-state index contributed by atoms with van der Waals surface area (Å²) in [4.78, 5) is 12.0. The molecule has 0 amide bonds. The molecule has 16 heavy (non-hydrogen) atoms. The third-order valence-electron chi connectivity index (χ3n) is 2.03. The van der Waals surface area contributed by atoms with E-state index >= 15 is 0 Å². The lowest BCUT2D eigenvalue weighted by atomic mass is 10.1. The van der Waals surface area contributed by atoms with E-state index in [1.54, 1.807) is 6.92 Å². The molecule has 0 N–H and O–H groups in total. The Balaban J connectivity index is 3.27. The van der Waals surface area contributed by atoms with Crippen LogP contribution in [0.25, 0.3) is 0 Å². The minimum Gasteiger partial charge on any atom is -0.462 e. The van der Waals surface area contributed by atoms with Crippen LogP contribution in [-0.2, 0) is 10.6 Å². The van der Waals surface area contributed by atoms with E-state index in [4.69, 9.17) is 21.6 Å². The summed E-state index contributed by atoms with van der Waals surface area (Å²) in [7, 11) is 0. The van der Waals surface area contributed by atoms with Gasteiger partial charge in [-0.25, -0.2) is 4.79 Å². The maximum absolute atomic E-state index is 11.6. The number of nitrogens with zero attached hydrogens (tertiary/aromatic N) is 1. The van der Waals surface area contributed by atoms with Crippen LogP contribution in [0.5, 0.6) is 0 Å². The lowest BCUT2D eigenvalue weighted by Gasteiger charge is -2.09. The number of alkyl halides is 1. The Labute approximate surface area is 104 Å². The number of rotatable bonds is 3. The summed E-state index contributed by atoms with van der Waals surface area (Å²) < 4.78 is 4.88. The monoisotopic (exact) mass is 255 g/mol. The van der Waals surface area contributed by atoms with Crippen molar-refractivity contribution in [2.45, 2.75) is 17.7 Å². The molecule has 0 unspecified atom stereocenters. The van der Waals surface area contributed by atoms with Gasteiger partial charge in [-0.2, -0.15) is 5.26 Å². The first-order chi connectivity index (χ1) is 7.65. The number of thiol groups is 1. The summed E-state index contributed by atoms with van der Waals surface area (Å²) in [5.74, 6) is -0.333. The molecule has 0 aromatic heterocycles. The molecule has 3 nitrogen and oxygen atoms in total. The number of hydrogen-bond donors (Lipinski definition) is 1. The molecule has 0 aliphatic carbocycles. The van der Waals surface area contributed by atoms with Crippen LogP contribution in [0, 0.1) is 11.3 Å². The fraction of sp³-hybridized carbons (Fsp3) is 0.273. The van der Waals surface area contributed by atoms with Gasteiger partial charge in [-0.1, -0.05) is 0 Å². The molecule has 0 saturated carbocycles. The predicted molar refractivity (Wildman–Crippen MR) is 63.9 cm³/mol. The third-order valence-corrected chi connectivity index (χ3v) is 2.81. The number of carbonyl (C=O) groups is 1. The highest BCUT2D eigenvalue weighted by atomic mass is 35.5. The first-order valence-corrected chi connectivity index (χ1v) is 5.61. The number of esters is 1. The summed E-state index contributed by atoms with van der Waals surface area (Å²) in [6, 6.07) is 5.05. The molecule has 0 fully saturated rings. The second-order valence-electron chi connectivity index (χ2n) is 2.95. The van der Waals surface area contributed by atoms with Crippen LogP contribution in [0.3, 0.4) is 0 Å². The van der Waals surface area contributed by atoms with Crippen LogP contribution in [0.15, 0.2) is 17.0 Å². The van der Waals surface area contributed by atoms with E-state index in [9.17, 15) is 4.79 Å². The molecular weight excluding hydrogens is 246 g/mol. The van der Waals surface area contributed by atoms with Gasteiger partial charge in [-0.15, -0.1) is 24.2 Å². The van der Waals surface area contributed by atoms with Crippen molar-refractivity contribution in [3.8, 4) is 6.07 Å². The van der Waals surface area contributed by atoms with Crippen molar-refractivity contribution in [3.05, 3.63) is 28.8 Å². The van der Waals surface area contributed by atoms with Gasteiger partial charge in [0.15, 0.2) is 0 Å². The van der Waals surface area contributed by atoms with E-state index in [0.717, 1.165) is 0 Å². The van der Waals surface area contributed by atoms with Gasteiger partial charge in [0.2, 0.25) is 0 Å². The van der Waals surface area contributed by atoms with Gasteiger partial charge in [0.1, 0.15) is 6.07 Å². The van der Waals surface area contributed by atoms with Gasteiger partial charge >= 0.3 is 5.97 Å². The van der Waals surface area contributed by atoms with Crippen LogP contribution in [-0.4, -0.2) is 12.6 Å². The topological polar surface area (TPSA) is 50.1 Å². The number of ether oxygens (including phenoxy) is 1. The molecule has 0 aliphatic rings. The fourth-order valence-corrected chi connectivity index (χ4v) is 1.96. The Bertz CT molecular complexity index is 454. The summed E-state index contributed by atoms with van der Waals surface area (Å²) >= 11 is 9.93. The van der Waals surface area contributed by atoms with Crippen LogP contribution >= 0.6 is 24.2 Å². The number of benzene rings is 1. The zero-order valence-corrected chi connectivity index (χ0v) is 10.3. The van der Waals surface area contributed by atoms with Gasteiger partial charge in [0.05, 0.1) is 17.7 Å². The standard InChI is InChI=1S/C11H10ClNO2S/c1-2-15-11(14)8-4-3-7(6-13)10(16)9(8)5-12/h3-4,16H,2,5H2,1H3. The van der Waals surface area contributed by atoms with Gasteiger partial charge in [-0.3, -0.25) is 0 Å². The predicted octanol–water partition coefficient (Wildman–Crippen LogP) is 2.76. The van der Waals surface area contributed by atoms with E-state index in [2.05, 4.69) is 12.6 Å². The first kappa shape index (κ1) is 12.9. The molecule has 0 spiro atoms. The summed E-state index contributed by atoms with van der Waals surface area (Å²) in [6.07, 6.45) is 0. The van der Waals surface area contributed by atoms with Crippen molar-refractivity contribution in [3.63, 3.8) is 0 Å². The second kappa shape index (κ2) is 5.78. The number of halogens is 1. The van der Waals surface area contributed by atoms with Crippen molar-refractivity contribution in [2.75, 3.05) is 6.61 Å². The van der Waals surface area contributed by atoms with E-state index in [1.807, 2.05) is 6.07 Å². The van der Waals surface area contributed by atoms with Crippen molar-refractivity contribution in [1.82, 2.24) is 0 Å². The summed E-state index contributed by atoms with van der Waals surface area (Å²) in [5.41, 5.74) is 1.29. The molecule has 5 heteroatoms. The average Bonchev–Trinajstić information content (AvgIpc) is 2.28. The third kappa shape index (κ3) is 2.49. The van der Waals surface area contributed by atoms with Crippen LogP contribution in [0.1, 0.15) is 28.4 Å². The van der Waals surface area contributed by atoms with Gasteiger partial charge < -0.3 is 4.74 Å². The van der Waals surface area contributed by atoms with E-state index in [-0.39, 0.29) is 5.88 Å². The number of carbonyl (C=O) groups excluding carboxylic acids is 1. The Kier molecular flexibility index (Phi) is 4.66. The normalized spacial score (nSPS) is 9.62. The van der Waals surface area contributed by atoms with Gasteiger partial charge in [0, 0.05) is 10.8 Å². The molecule has 84 valence electrons. The van der Waals surface area contributed by atoms with Crippen LogP contribution in [0.2, 0.25) is 0 Å². The maximum Gasteiger partial charge on any atom is 0.338 e. The second-order valence-corrected chi connectivity index (χ2v) is 3.67.